The first-order chi connectivity index (χ1) is 9.19. The van der Waals surface area contributed by atoms with Crippen molar-refractivity contribution >= 4 is 11.0 Å². The van der Waals surface area contributed by atoms with Gasteiger partial charge in [0.15, 0.2) is 0 Å². The number of aromatic nitrogens is 2. The van der Waals surface area contributed by atoms with E-state index in [1.54, 1.807) is 0 Å². The Morgan fingerprint density at radius 2 is 2.00 bits per heavy atom. The maximum absolute atomic E-state index is 5.77. The lowest BCUT2D eigenvalue weighted by Gasteiger charge is -2.27. The summed E-state index contributed by atoms with van der Waals surface area (Å²) in [6.07, 6.45) is 4.98. The van der Waals surface area contributed by atoms with E-state index in [-0.39, 0.29) is 0 Å². The van der Waals surface area contributed by atoms with Crippen LogP contribution in [0.5, 0.6) is 0 Å². The number of fused-ring (bicyclic) bond motifs is 1. The Kier molecular flexibility index (Phi) is 3.31. The van der Waals surface area contributed by atoms with Crippen LogP contribution < -0.4 is 5.73 Å². The molecule has 1 saturated carbocycles. The van der Waals surface area contributed by atoms with E-state index in [1.807, 2.05) is 0 Å². The zero-order chi connectivity index (χ0) is 13.4. The third-order valence-corrected chi connectivity index (χ3v) is 4.62. The van der Waals surface area contributed by atoms with Gasteiger partial charge in [0.2, 0.25) is 0 Å². The SMILES string of the molecule is Cc1ccc2c(c1)nc(C1CCC(CN)CC1)n2C. The van der Waals surface area contributed by atoms with Gasteiger partial charge < -0.3 is 10.3 Å². The summed E-state index contributed by atoms with van der Waals surface area (Å²) in [5.74, 6) is 2.60. The Morgan fingerprint density at radius 1 is 1.26 bits per heavy atom. The molecule has 1 fully saturated rings. The van der Waals surface area contributed by atoms with Crippen LogP contribution in [0.25, 0.3) is 11.0 Å². The van der Waals surface area contributed by atoms with Crippen LogP contribution in [0.1, 0.15) is 43.0 Å². The number of rotatable bonds is 2. The van der Waals surface area contributed by atoms with Crippen molar-refractivity contribution in [3.63, 3.8) is 0 Å². The third-order valence-electron chi connectivity index (χ3n) is 4.62. The highest BCUT2D eigenvalue weighted by molar-refractivity contribution is 5.76. The van der Waals surface area contributed by atoms with Gasteiger partial charge >= 0.3 is 0 Å². The summed E-state index contributed by atoms with van der Waals surface area (Å²) in [5.41, 5.74) is 9.44. The fourth-order valence-electron chi connectivity index (χ4n) is 3.35. The molecule has 102 valence electrons. The summed E-state index contributed by atoms with van der Waals surface area (Å²) in [6.45, 7) is 2.97. The van der Waals surface area contributed by atoms with Crippen molar-refractivity contribution in [3.8, 4) is 0 Å². The molecule has 1 aromatic carbocycles. The molecule has 0 amide bonds. The monoisotopic (exact) mass is 257 g/mol. The molecule has 0 unspecified atom stereocenters. The molecule has 3 heteroatoms. The molecule has 0 spiro atoms. The van der Waals surface area contributed by atoms with Crippen molar-refractivity contribution in [1.82, 2.24) is 9.55 Å². The van der Waals surface area contributed by atoms with E-state index in [4.69, 9.17) is 10.7 Å². The number of aryl methyl sites for hydroxylation is 2. The maximum atomic E-state index is 5.77. The fourth-order valence-corrected chi connectivity index (χ4v) is 3.35. The van der Waals surface area contributed by atoms with Gasteiger partial charge in [-0.1, -0.05) is 6.07 Å². The Labute approximate surface area is 114 Å². The first-order valence-electron chi connectivity index (χ1n) is 7.32. The predicted octanol–water partition coefficient (Wildman–Crippen LogP) is 3.11. The van der Waals surface area contributed by atoms with E-state index in [0.717, 1.165) is 18.0 Å². The molecule has 19 heavy (non-hydrogen) atoms. The van der Waals surface area contributed by atoms with Crippen molar-refractivity contribution in [2.45, 2.75) is 38.5 Å². The van der Waals surface area contributed by atoms with E-state index in [9.17, 15) is 0 Å². The zero-order valence-electron chi connectivity index (χ0n) is 11.9. The highest BCUT2D eigenvalue weighted by Crippen LogP contribution is 2.35. The number of nitrogens with zero attached hydrogens (tertiary/aromatic N) is 2. The second kappa shape index (κ2) is 4.97. The normalized spacial score (nSPS) is 23.9. The number of hydrogen-bond acceptors (Lipinski definition) is 2. The molecule has 1 aliphatic rings. The van der Waals surface area contributed by atoms with Gasteiger partial charge in [-0.3, -0.25) is 0 Å². The molecule has 1 aromatic heterocycles. The lowest BCUT2D eigenvalue weighted by molar-refractivity contribution is 0.323. The standard InChI is InChI=1S/C16H23N3/c1-11-3-8-15-14(9-11)18-16(19(15)2)13-6-4-12(10-17)5-7-13/h3,8-9,12-13H,4-7,10,17H2,1-2H3. The number of benzene rings is 1. The first kappa shape index (κ1) is 12.7. The lowest BCUT2D eigenvalue weighted by atomic mass is 9.81. The van der Waals surface area contributed by atoms with Crippen LogP contribution in [0, 0.1) is 12.8 Å². The Morgan fingerprint density at radius 3 is 2.68 bits per heavy atom. The molecule has 2 aromatic rings. The molecule has 2 N–H and O–H groups in total. The Hall–Kier alpha value is -1.35. The predicted molar refractivity (Wildman–Crippen MR) is 79.2 cm³/mol. The number of nitrogens with two attached hydrogens (primary N) is 1. The lowest BCUT2D eigenvalue weighted by Crippen LogP contribution is -2.21. The molecule has 1 aliphatic carbocycles. The van der Waals surface area contributed by atoms with Crippen LogP contribution in [-0.2, 0) is 7.05 Å². The van der Waals surface area contributed by atoms with Gasteiger partial charge in [-0.25, -0.2) is 4.98 Å². The molecule has 0 radical (unpaired) electrons. The average molecular weight is 257 g/mol. The van der Waals surface area contributed by atoms with Gasteiger partial charge in [0.25, 0.3) is 0 Å². The largest absolute Gasteiger partial charge is 0.331 e. The minimum absolute atomic E-state index is 0.612. The number of imidazole rings is 1. The highest BCUT2D eigenvalue weighted by Gasteiger charge is 2.25. The topological polar surface area (TPSA) is 43.8 Å². The van der Waals surface area contributed by atoms with E-state index >= 15 is 0 Å². The smallest absolute Gasteiger partial charge is 0.112 e. The van der Waals surface area contributed by atoms with Gasteiger partial charge in [0.05, 0.1) is 11.0 Å². The van der Waals surface area contributed by atoms with Gasteiger partial charge in [0, 0.05) is 13.0 Å². The summed E-state index contributed by atoms with van der Waals surface area (Å²) < 4.78 is 2.28. The van der Waals surface area contributed by atoms with Crippen LogP contribution >= 0.6 is 0 Å². The molecule has 3 rings (SSSR count). The van der Waals surface area contributed by atoms with Crippen LogP contribution in [0.3, 0.4) is 0 Å². The fraction of sp³-hybridized carbons (Fsp3) is 0.562. The second-order valence-corrected chi connectivity index (χ2v) is 5.97. The molecule has 0 atom stereocenters. The van der Waals surface area contributed by atoms with Crippen molar-refractivity contribution in [1.29, 1.82) is 0 Å². The van der Waals surface area contributed by atoms with Crippen LogP contribution in [0.2, 0.25) is 0 Å². The zero-order valence-corrected chi connectivity index (χ0v) is 11.9. The summed E-state index contributed by atoms with van der Waals surface area (Å²) in [7, 11) is 2.15. The first-order valence-corrected chi connectivity index (χ1v) is 7.32. The molecule has 1 heterocycles. The Balaban J connectivity index is 1.91. The van der Waals surface area contributed by atoms with Crippen LogP contribution in [-0.4, -0.2) is 16.1 Å². The number of hydrogen-bond donors (Lipinski definition) is 1. The molecule has 3 nitrogen and oxygen atoms in total. The quantitative estimate of drug-likeness (QED) is 0.898. The van der Waals surface area contributed by atoms with Gasteiger partial charge in [-0.05, 0) is 62.8 Å². The summed E-state index contributed by atoms with van der Waals surface area (Å²) in [4.78, 5) is 4.88. The van der Waals surface area contributed by atoms with Crippen LogP contribution in [0.15, 0.2) is 18.2 Å². The Bertz CT molecular complexity index is 577. The van der Waals surface area contributed by atoms with Gasteiger partial charge in [-0.15, -0.1) is 0 Å². The van der Waals surface area contributed by atoms with E-state index < -0.39 is 0 Å². The van der Waals surface area contributed by atoms with Gasteiger partial charge in [-0.2, -0.15) is 0 Å². The molecule has 0 aliphatic heterocycles. The summed E-state index contributed by atoms with van der Waals surface area (Å²) in [5, 5.41) is 0. The van der Waals surface area contributed by atoms with E-state index in [2.05, 4.69) is 36.7 Å². The van der Waals surface area contributed by atoms with Crippen molar-refractivity contribution in [2.75, 3.05) is 6.54 Å². The molecular weight excluding hydrogens is 234 g/mol. The summed E-state index contributed by atoms with van der Waals surface area (Å²) >= 11 is 0. The third kappa shape index (κ3) is 2.27. The average Bonchev–Trinajstić information content (AvgIpc) is 2.75. The maximum Gasteiger partial charge on any atom is 0.112 e. The molecule has 0 bridgehead atoms. The van der Waals surface area contributed by atoms with Gasteiger partial charge in [0.1, 0.15) is 5.82 Å². The minimum atomic E-state index is 0.612. The van der Waals surface area contributed by atoms with Crippen molar-refractivity contribution in [2.24, 2.45) is 18.7 Å². The van der Waals surface area contributed by atoms with E-state index in [0.29, 0.717) is 5.92 Å². The minimum Gasteiger partial charge on any atom is -0.331 e. The summed E-state index contributed by atoms with van der Waals surface area (Å²) in [6, 6.07) is 6.54. The van der Waals surface area contributed by atoms with E-state index in [1.165, 1.54) is 42.6 Å². The van der Waals surface area contributed by atoms with Crippen molar-refractivity contribution in [3.05, 3.63) is 29.6 Å². The molecule has 0 saturated heterocycles. The molecular formula is C16H23N3. The highest BCUT2D eigenvalue weighted by atomic mass is 15.1. The van der Waals surface area contributed by atoms with Crippen LogP contribution in [0.4, 0.5) is 0 Å². The second-order valence-electron chi connectivity index (χ2n) is 5.97. The van der Waals surface area contributed by atoms with Crippen molar-refractivity contribution < 1.29 is 0 Å².